The molecule has 0 spiro atoms. The van der Waals surface area contributed by atoms with Crippen LogP contribution in [-0.2, 0) is 15.6 Å². The molecule has 2 atom stereocenters. The normalized spacial score (nSPS) is 24.4. The molecule has 0 fully saturated rings. The molecule has 2 aromatic rings. The summed E-state index contributed by atoms with van der Waals surface area (Å²) in [6.07, 6.45) is 0.977. The van der Waals surface area contributed by atoms with Crippen LogP contribution in [0.5, 0.6) is 0 Å². The third-order valence-corrected chi connectivity index (χ3v) is 5.67. The second-order valence-electron chi connectivity index (χ2n) is 5.74. The molecule has 1 aliphatic rings. The number of rotatable bonds is 2. The summed E-state index contributed by atoms with van der Waals surface area (Å²) < 4.78 is 24.7. The lowest BCUT2D eigenvalue weighted by Crippen LogP contribution is -2.61. The number of aliphatic hydroxyl groups is 1. The van der Waals surface area contributed by atoms with Crippen molar-refractivity contribution in [1.82, 2.24) is 0 Å². The molecule has 1 aliphatic heterocycles. The summed E-state index contributed by atoms with van der Waals surface area (Å²) in [5.74, 6) is -0.590. The molecule has 0 aliphatic carbocycles. The van der Waals surface area contributed by atoms with Crippen molar-refractivity contribution in [3.05, 3.63) is 65.7 Å². The van der Waals surface area contributed by atoms with E-state index >= 15 is 0 Å². The van der Waals surface area contributed by atoms with Gasteiger partial charge in [-0.2, -0.15) is 0 Å². The maximum absolute atomic E-state index is 12.8. The van der Waals surface area contributed by atoms with Crippen molar-refractivity contribution in [3.63, 3.8) is 0 Å². The fourth-order valence-corrected chi connectivity index (χ4v) is 4.59. The van der Waals surface area contributed by atoms with E-state index in [2.05, 4.69) is 0 Å². The highest BCUT2D eigenvalue weighted by Gasteiger charge is 2.56. The van der Waals surface area contributed by atoms with Crippen LogP contribution in [0.1, 0.15) is 15.9 Å². The molecule has 3 rings (SSSR count). The van der Waals surface area contributed by atoms with Gasteiger partial charge in [0.05, 0.1) is 0 Å². The van der Waals surface area contributed by atoms with Crippen LogP contribution < -0.4 is 4.90 Å². The number of carbonyl (C=O) groups is 1. The molecule has 6 heteroatoms. The van der Waals surface area contributed by atoms with Gasteiger partial charge in [-0.15, -0.1) is 0 Å². The molecule has 5 nitrogen and oxygen atoms in total. The van der Waals surface area contributed by atoms with Crippen LogP contribution >= 0.6 is 0 Å². The lowest BCUT2D eigenvalue weighted by atomic mass is 9.87. The average molecular weight is 331 g/mol. The van der Waals surface area contributed by atoms with Crippen molar-refractivity contribution in [2.75, 3.05) is 18.2 Å². The first kappa shape index (κ1) is 15.7. The largest absolute Gasteiger partial charge is 0.365 e. The minimum Gasteiger partial charge on any atom is -0.365 e. The van der Waals surface area contributed by atoms with Gasteiger partial charge in [-0.1, -0.05) is 42.5 Å². The average Bonchev–Trinajstić information content (AvgIpc) is 2.52. The minimum absolute atomic E-state index is 0.297. The Balaban J connectivity index is 2.34. The Bertz CT molecular complexity index is 863. The summed E-state index contributed by atoms with van der Waals surface area (Å²) in [4.78, 5) is 14.3. The highest BCUT2D eigenvalue weighted by Crippen LogP contribution is 2.43. The molecule has 1 heterocycles. The third-order valence-electron chi connectivity index (χ3n) is 4.27. The molecule has 23 heavy (non-hydrogen) atoms. The standard InChI is InChI=1S/C17H17NO4S/c1-18-14-11-7-6-10-13(14)15(19)16(23(2,21)22)17(18,20)12-8-4-3-5-9-12/h3-11,16,20H,1-2H3. The SMILES string of the molecule is CN1c2ccccc2C(=O)C(S(C)(=O)=O)C1(O)c1ccccc1. The van der Waals surface area contributed by atoms with Gasteiger partial charge in [-0.05, 0) is 12.1 Å². The molecular formula is C17H17NO4S. The van der Waals surface area contributed by atoms with E-state index < -0.39 is 26.6 Å². The topological polar surface area (TPSA) is 74.7 Å². The lowest BCUT2D eigenvalue weighted by molar-refractivity contribution is 0.0277. The van der Waals surface area contributed by atoms with Gasteiger partial charge in [0, 0.05) is 30.1 Å². The fourth-order valence-electron chi connectivity index (χ4n) is 3.18. The van der Waals surface area contributed by atoms with E-state index in [9.17, 15) is 18.3 Å². The second-order valence-corrected chi connectivity index (χ2v) is 7.87. The number of sulfone groups is 1. The van der Waals surface area contributed by atoms with E-state index in [1.807, 2.05) is 0 Å². The highest BCUT2D eigenvalue weighted by molar-refractivity contribution is 7.92. The number of para-hydroxylation sites is 1. The van der Waals surface area contributed by atoms with E-state index in [-0.39, 0.29) is 0 Å². The van der Waals surface area contributed by atoms with E-state index in [1.165, 1.54) is 4.90 Å². The number of nitrogens with zero attached hydrogens (tertiary/aromatic N) is 1. The molecule has 2 unspecified atom stereocenters. The molecule has 0 bridgehead atoms. The van der Waals surface area contributed by atoms with Crippen LogP contribution in [0.25, 0.3) is 0 Å². The van der Waals surface area contributed by atoms with Gasteiger partial charge in [0.25, 0.3) is 0 Å². The molecule has 0 saturated carbocycles. The smallest absolute Gasteiger partial charge is 0.189 e. The van der Waals surface area contributed by atoms with Crippen molar-refractivity contribution in [3.8, 4) is 0 Å². The summed E-state index contributed by atoms with van der Waals surface area (Å²) in [7, 11) is -2.25. The number of hydrogen-bond acceptors (Lipinski definition) is 5. The maximum atomic E-state index is 12.8. The molecule has 0 saturated heterocycles. The monoisotopic (exact) mass is 331 g/mol. The summed E-state index contributed by atoms with van der Waals surface area (Å²) in [5.41, 5.74) is -0.795. The number of benzene rings is 2. The Morgan fingerprint density at radius 2 is 1.61 bits per heavy atom. The van der Waals surface area contributed by atoms with Crippen LogP contribution in [0, 0.1) is 0 Å². The van der Waals surface area contributed by atoms with Gasteiger partial charge < -0.3 is 10.0 Å². The van der Waals surface area contributed by atoms with Gasteiger partial charge >= 0.3 is 0 Å². The Morgan fingerprint density at radius 1 is 1.04 bits per heavy atom. The minimum atomic E-state index is -3.85. The molecule has 0 aromatic heterocycles. The Hall–Kier alpha value is -2.18. The first-order valence-electron chi connectivity index (χ1n) is 7.11. The van der Waals surface area contributed by atoms with Crippen LogP contribution in [0.15, 0.2) is 54.6 Å². The summed E-state index contributed by atoms with van der Waals surface area (Å²) in [5, 5.41) is 9.76. The van der Waals surface area contributed by atoms with Crippen LogP contribution in [0.2, 0.25) is 0 Å². The van der Waals surface area contributed by atoms with Gasteiger partial charge in [0.1, 0.15) is 0 Å². The molecule has 1 N–H and O–H groups in total. The summed E-state index contributed by atoms with van der Waals surface area (Å²) >= 11 is 0. The quantitative estimate of drug-likeness (QED) is 0.904. The number of ketones is 1. The zero-order valence-electron chi connectivity index (χ0n) is 12.8. The second kappa shape index (κ2) is 5.18. The Morgan fingerprint density at radius 3 is 2.22 bits per heavy atom. The fraction of sp³-hybridized carbons (Fsp3) is 0.235. The number of hydrogen-bond donors (Lipinski definition) is 1. The van der Waals surface area contributed by atoms with E-state index in [0.29, 0.717) is 16.8 Å². The van der Waals surface area contributed by atoms with Crippen LogP contribution in [-0.4, -0.2) is 37.9 Å². The Labute approximate surface area is 135 Å². The number of Topliss-reactive ketones (excluding diaryl/α,β-unsaturated/α-hetero) is 1. The zero-order chi connectivity index (χ0) is 16.8. The number of carbonyl (C=O) groups excluding carboxylic acids is 1. The maximum Gasteiger partial charge on any atom is 0.189 e. The van der Waals surface area contributed by atoms with E-state index in [0.717, 1.165) is 6.26 Å². The summed E-state index contributed by atoms with van der Waals surface area (Å²) in [6.45, 7) is 0. The predicted octanol–water partition coefficient (Wildman–Crippen LogP) is 1.58. The van der Waals surface area contributed by atoms with Crippen molar-refractivity contribution >= 4 is 21.3 Å². The molecular weight excluding hydrogens is 314 g/mol. The van der Waals surface area contributed by atoms with Gasteiger partial charge in [-0.3, -0.25) is 4.79 Å². The van der Waals surface area contributed by atoms with Crippen molar-refractivity contribution in [2.24, 2.45) is 0 Å². The molecule has 120 valence electrons. The lowest BCUT2D eigenvalue weighted by Gasteiger charge is -2.46. The molecule has 0 radical (unpaired) electrons. The van der Waals surface area contributed by atoms with Crippen molar-refractivity contribution < 1.29 is 18.3 Å². The van der Waals surface area contributed by atoms with Gasteiger partial charge in [0.15, 0.2) is 26.6 Å². The third kappa shape index (κ3) is 2.26. The van der Waals surface area contributed by atoms with Crippen molar-refractivity contribution in [1.29, 1.82) is 0 Å². The first-order chi connectivity index (χ1) is 10.8. The van der Waals surface area contributed by atoms with Gasteiger partial charge in [-0.25, -0.2) is 8.42 Å². The van der Waals surface area contributed by atoms with E-state index in [4.69, 9.17) is 0 Å². The predicted molar refractivity (Wildman–Crippen MR) is 88.1 cm³/mol. The van der Waals surface area contributed by atoms with Gasteiger partial charge in [0.2, 0.25) is 0 Å². The number of fused-ring (bicyclic) bond motifs is 1. The van der Waals surface area contributed by atoms with Crippen LogP contribution in [0.4, 0.5) is 5.69 Å². The first-order valence-corrected chi connectivity index (χ1v) is 9.07. The molecule has 2 aromatic carbocycles. The zero-order valence-corrected chi connectivity index (χ0v) is 13.6. The van der Waals surface area contributed by atoms with Crippen molar-refractivity contribution in [2.45, 2.75) is 11.0 Å². The molecule has 0 amide bonds. The van der Waals surface area contributed by atoms with E-state index in [1.54, 1.807) is 61.6 Å². The summed E-state index contributed by atoms with van der Waals surface area (Å²) in [6, 6.07) is 15.1. The number of anilines is 1. The van der Waals surface area contributed by atoms with Crippen LogP contribution in [0.3, 0.4) is 0 Å². The highest BCUT2D eigenvalue weighted by atomic mass is 32.2. The Kier molecular flexibility index (Phi) is 3.54.